The first kappa shape index (κ1) is 18.0. The van der Waals surface area contributed by atoms with E-state index in [0.29, 0.717) is 5.69 Å². The maximum absolute atomic E-state index is 11.7. The predicted molar refractivity (Wildman–Crippen MR) is 104 cm³/mol. The molecule has 0 fully saturated rings. The molecule has 3 aromatic carbocycles. The van der Waals surface area contributed by atoms with Crippen LogP contribution in [0, 0.1) is 0 Å². The third-order valence-corrected chi connectivity index (χ3v) is 3.42. The molecule has 0 saturated carbocycles. The van der Waals surface area contributed by atoms with Gasteiger partial charge in [0.1, 0.15) is 5.75 Å². The van der Waals surface area contributed by atoms with Gasteiger partial charge in [0.15, 0.2) is 5.78 Å². The highest BCUT2D eigenvalue weighted by Gasteiger charge is 1.98. The van der Waals surface area contributed by atoms with Gasteiger partial charge >= 0.3 is 0 Å². The van der Waals surface area contributed by atoms with Crippen LogP contribution >= 0.6 is 0 Å². The number of nitrogens with two attached hydrogens (primary N) is 1. The number of ketones is 1. The summed E-state index contributed by atoms with van der Waals surface area (Å²) in [6.07, 6.45) is 3.43. The molecule has 25 heavy (non-hydrogen) atoms. The molecule has 0 radical (unpaired) electrons. The molecule has 0 heterocycles. The van der Waals surface area contributed by atoms with Gasteiger partial charge in [-0.3, -0.25) is 4.79 Å². The van der Waals surface area contributed by atoms with E-state index in [1.54, 1.807) is 19.3 Å². The molecule has 0 aliphatic heterocycles. The van der Waals surface area contributed by atoms with Crippen LogP contribution in [-0.2, 0) is 0 Å². The summed E-state index contributed by atoms with van der Waals surface area (Å²) < 4.78 is 4.92. The lowest BCUT2D eigenvalue weighted by Crippen LogP contribution is -1.92. The highest BCUT2D eigenvalue weighted by Crippen LogP contribution is 2.18. The van der Waals surface area contributed by atoms with E-state index in [9.17, 15) is 4.79 Å². The zero-order valence-corrected chi connectivity index (χ0v) is 14.1. The molecule has 0 saturated heterocycles. The number of rotatable bonds is 4. The van der Waals surface area contributed by atoms with Gasteiger partial charge in [-0.2, -0.15) is 0 Å². The summed E-state index contributed by atoms with van der Waals surface area (Å²) in [6.45, 7) is 0. The number of para-hydroxylation sites is 2. The van der Waals surface area contributed by atoms with Gasteiger partial charge in [0, 0.05) is 5.56 Å². The van der Waals surface area contributed by atoms with Gasteiger partial charge in [0.25, 0.3) is 0 Å². The topological polar surface area (TPSA) is 52.3 Å². The summed E-state index contributed by atoms with van der Waals surface area (Å²) in [4.78, 5) is 11.7. The monoisotopic (exact) mass is 331 g/mol. The number of allylic oxidation sites excluding steroid dienone is 1. The highest BCUT2D eigenvalue weighted by atomic mass is 16.5. The molecule has 0 aliphatic carbocycles. The molecular formula is C22H21NO2. The average molecular weight is 331 g/mol. The Morgan fingerprint density at radius 3 is 1.96 bits per heavy atom. The number of anilines is 1. The molecule has 2 N–H and O–H groups in total. The maximum atomic E-state index is 11.7. The Hall–Kier alpha value is -3.33. The smallest absolute Gasteiger partial charge is 0.185 e. The van der Waals surface area contributed by atoms with Gasteiger partial charge < -0.3 is 10.5 Å². The molecule has 0 atom stereocenters. The van der Waals surface area contributed by atoms with Crippen LogP contribution in [0.15, 0.2) is 91.0 Å². The molecular weight excluding hydrogens is 310 g/mol. The number of hydrogen-bond donors (Lipinski definition) is 1. The molecule has 126 valence electrons. The summed E-state index contributed by atoms with van der Waals surface area (Å²) in [5.74, 6) is 0.766. The minimum atomic E-state index is 0.0319. The average Bonchev–Trinajstić information content (AvgIpc) is 2.68. The lowest BCUT2D eigenvalue weighted by molar-refractivity contribution is 0.104. The van der Waals surface area contributed by atoms with Crippen LogP contribution < -0.4 is 10.5 Å². The summed E-state index contributed by atoms with van der Waals surface area (Å²) in [5, 5.41) is 0. The Morgan fingerprint density at radius 1 is 0.840 bits per heavy atom. The van der Waals surface area contributed by atoms with E-state index in [4.69, 9.17) is 10.5 Å². The summed E-state index contributed by atoms with van der Waals surface area (Å²) in [5.41, 5.74) is 7.94. The Balaban J connectivity index is 0.000000212. The molecule has 0 amide bonds. The second kappa shape index (κ2) is 9.73. The SMILES string of the molecule is COc1ccccc1N.O=C(C=Cc1ccccc1)c1ccccc1. The zero-order chi connectivity index (χ0) is 17.9. The van der Waals surface area contributed by atoms with Gasteiger partial charge in [-0.1, -0.05) is 78.9 Å². The maximum Gasteiger partial charge on any atom is 0.185 e. The van der Waals surface area contributed by atoms with Crippen molar-refractivity contribution < 1.29 is 9.53 Å². The van der Waals surface area contributed by atoms with E-state index in [-0.39, 0.29) is 5.78 Å². The van der Waals surface area contributed by atoms with Gasteiger partial charge in [-0.25, -0.2) is 0 Å². The molecule has 0 aliphatic rings. The van der Waals surface area contributed by atoms with Crippen LogP contribution in [0.4, 0.5) is 5.69 Å². The standard InChI is InChI=1S/C15H12O.C7H9NO/c16-15(14-9-5-2-6-10-14)12-11-13-7-3-1-4-8-13;1-9-7-5-3-2-4-6(7)8/h1-12H;2-5H,8H2,1H3. The van der Waals surface area contributed by atoms with E-state index in [2.05, 4.69) is 0 Å². The van der Waals surface area contributed by atoms with Crippen molar-refractivity contribution in [3.05, 3.63) is 102 Å². The summed E-state index contributed by atoms with van der Waals surface area (Å²) >= 11 is 0. The minimum absolute atomic E-state index is 0.0319. The van der Waals surface area contributed by atoms with Crippen LogP contribution in [0.25, 0.3) is 6.08 Å². The van der Waals surface area contributed by atoms with Crippen LogP contribution in [0.3, 0.4) is 0 Å². The summed E-state index contributed by atoms with van der Waals surface area (Å²) in [6, 6.07) is 26.4. The van der Waals surface area contributed by atoms with Gasteiger partial charge in [-0.05, 0) is 23.8 Å². The predicted octanol–water partition coefficient (Wildman–Crippen LogP) is 4.86. The van der Waals surface area contributed by atoms with Crippen molar-refractivity contribution in [2.45, 2.75) is 0 Å². The lowest BCUT2D eigenvalue weighted by atomic mass is 10.1. The number of ether oxygens (including phenoxy) is 1. The molecule has 3 aromatic rings. The van der Waals surface area contributed by atoms with Crippen LogP contribution in [0.2, 0.25) is 0 Å². The number of nitrogen functional groups attached to an aromatic ring is 1. The number of hydrogen-bond acceptors (Lipinski definition) is 3. The third kappa shape index (κ3) is 5.99. The molecule has 0 bridgehead atoms. The van der Waals surface area contributed by atoms with Crippen molar-refractivity contribution in [1.29, 1.82) is 0 Å². The fourth-order valence-electron chi connectivity index (χ4n) is 2.10. The second-order valence-corrected chi connectivity index (χ2v) is 5.22. The minimum Gasteiger partial charge on any atom is -0.495 e. The van der Waals surface area contributed by atoms with E-state index in [1.165, 1.54) is 0 Å². The molecule has 0 unspecified atom stereocenters. The third-order valence-electron chi connectivity index (χ3n) is 3.42. The van der Waals surface area contributed by atoms with E-state index >= 15 is 0 Å². The fraction of sp³-hybridized carbons (Fsp3) is 0.0455. The Morgan fingerprint density at radius 2 is 1.40 bits per heavy atom. The van der Waals surface area contributed by atoms with Crippen molar-refractivity contribution in [2.75, 3.05) is 12.8 Å². The Kier molecular flexibility index (Phi) is 7.01. The lowest BCUT2D eigenvalue weighted by Gasteiger charge is -2.00. The quantitative estimate of drug-likeness (QED) is 0.422. The zero-order valence-electron chi connectivity index (χ0n) is 14.1. The second-order valence-electron chi connectivity index (χ2n) is 5.22. The summed E-state index contributed by atoms with van der Waals surface area (Å²) in [7, 11) is 1.60. The van der Waals surface area contributed by atoms with E-state index < -0.39 is 0 Å². The van der Waals surface area contributed by atoms with Crippen LogP contribution in [0.1, 0.15) is 15.9 Å². The number of methoxy groups -OCH3 is 1. The number of benzene rings is 3. The van der Waals surface area contributed by atoms with Crippen molar-refractivity contribution in [2.24, 2.45) is 0 Å². The van der Waals surface area contributed by atoms with Crippen LogP contribution in [0.5, 0.6) is 5.75 Å². The van der Waals surface area contributed by atoms with Gasteiger partial charge in [0.05, 0.1) is 12.8 Å². The number of carbonyl (C=O) groups is 1. The Bertz CT molecular complexity index is 812. The molecule has 0 spiro atoms. The largest absolute Gasteiger partial charge is 0.495 e. The first-order valence-electron chi connectivity index (χ1n) is 7.91. The number of carbonyl (C=O) groups excluding carboxylic acids is 1. The van der Waals surface area contributed by atoms with Gasteiger partial charge in [0.2, 0.25) is 0 Å². The highest BCUT2D eigenvalue weighted by molar-refractivity contribution is 6.06. The molecule has 0 aromatic heterocycles. The van der Waals surface area contributed by atoms with Crippen molar-refractivity contribution in [3.63, 3.8) is 0 Å². The van der Waals surface area contributed by atoms with Crippen LogP contribution in [-0.4, -0.2) is 12.9 Å². The van der Waals surface area contributed by atoms with Crippen molar-refractivity contribution in [1.82, 2.24) is 0 Å². The molecule has 3 rings (SSSR count). The van der Waals surface area contributed by atoms with E-state index in [1.807, 2.05) is 84.9 Å². The van der Waals surface area contributed by atoms with Crippen molar-refractivity contribution in [3.8, 4) is 5.75 Å². The molecule has 3 heteroatoms. The molecule has 3 nitrogen and oxygen atoms in total. The van der Waals surface area contributed by atoms with Gasteiger partial charge in [-0.15, -0.1) is 0 Å². The fourth-order valence-corrected chi connectivity index (χ4v) is 2.10. The van der Waals surface area contributed by atoms with Crippen molar-refractivity contribution >= 4 is 17.5 Å². The normalized spacial score (nSPS) is 9.96. The Labute approximate surface area is 148 Å². The first-order chi connectivity index (χ1) is 12.2. The first-order valence-corrected chi connectivity index (χ1v) is 7.91. The van der Waals surface area contributed by atoms with E-state index in [0.717, 1.165) is 16.9 Å².